The Morgan fingerprint density at radius 1 is 0.417 bits per heavy atom. The minimum atomic E-state index is -2.88. The van der Waals surface area contributed by atoms with Gasteiger partial charge < -0.3 is 0 Å². The van der Waals surface area contributed by atoms with E-state index in [1.807, 2.05) is 0 Å². The van der Waals surface area contributed by atoms with Crippen molar-refractivity contribution in [1.29, 1.82) is 0 Å². The van der Waals surface area contributed by atoms with E-state index in [-0.39, 0.29) is 0 Å². The van der Waals surface area contributed by atoms with Gasteiger partial charge in [-0.2, -0.15) is 0 Å². The van der Waals surface area contributed by atoms with Crippen LogP contribution < -0.4 is 15.6 Å². The minimum absolute atomic E-state index is 0.444. The van der Waals surface area contributed by atoms with E-state index in [1.165, 1.54) is 60.1 Å². The highest BCUT2D eigenvalue weighted by Crippen LogP contribution is 2.37. The molecule has 0 saturated carbocycles. The maximum Gasteiger partial charge on any atom is 0.176 e. The largest absolute Gasteiger partial charge is 0.176 e. The fraction of sp³-hybridized carbons (Fsp3) is 0.404. The molecule has 4 aromatic carbocycles. The normalized spacial score (nSPS) is 13.9. The van der Waals surface area contributed by atoms with E-state index >= 15 is 0 Å². The monoisotopic (exact) mass is 652 g/mol. The average Bonchev–Trinajstić information content (AvgIpc) is 3.55. The van der Waals surface area contributed by atoms with Crippen LogP contribution in [0.4, 0.5) is 0 Å². The smallest absolute Gasteiger partial charge is 0.0802 e. The summed E-state index contributed by atoms with van der Waals surface area (Å²) in [6, 6.07) is 34.5. The second kappa shape index (κ2) is 14.6. The third kappa shape index (κ3) is 6.99. The summed E-state index contributed by atoms with van der Waals surface area (Å²) in [6.07, 6.45) is 5.86. The molecule has 0 amide bonds. The Morgan fingerprint density at radius 3 is 1.02 bits per heavy atom. The summed E-state index contributed by atoms with van der Waals surface area (Å²) in [5.41, 5.74) is 11.5. The van der Waals surface area contributed by atoms with Crippen molar-refractivity contribution in [2.45, 2.75) is 125 Å². The maximum atomic E-state index is 2.63. The molecule has 0 fully saturated rings. The second-order valence-electron chi connectivity index (χ2n) is 16.2. The van der Waals surface area contributed by atoms with Gasteiger partial charge in [0.1, 0.15) is 0 Å². The second-order valence-corrected chi connectivity index (χ2v) is 20.0. The predicted molar refractivity (Wildman–Crippen MR) is 216 cm³/mol. The summed E-state index contributed by atoms with van der Waals surface area (Å²) in [5, 5.41) is 6.23. The van der Waals surface area contributed by atoms with Crippen LogP contribution in [0.2, 0.25) is 0 Å². The summed E-state index contributed by atoms with van der Waals surface area (Å²) >= 11 is 0. The first kappa shape index (κ1) is 35.9. The first-order valence-electron chi connectivity index (χ1n) is 18.7. The van der Waals surface area contributed by atoms with Crippen LogP contribution in [-0.4, -0.2) is 8.07 Å². The van der Waals surface area contributed by atoms with Crippen molar-refractivity contribution in [3.05, 3.63) is 141 Å². The summed E-state index contributed by atoms with van der Waals surface area (Å²) in [5.74, 6) is 2.67. The Bertz CT molecular complexity index is 1560. The SMILES string of the molecule is CC(C)c1cc(C(C)C)cc([Si](C2=C(c3ccccc3)C=CC2)(c2cc(C(C)C)cc(C(C)C)c2)c2cc(C(C)C)cc(C(C)C)c2)c1. The van der Waals surface area contributed by atoms with Gasteiger partial charge in [0.2, 0.25) is 0 Å². The van der Waals surface area contributed by atoms with Gasteiger partial charge in [0.25, 0.3) is 0 Å². The van der Waals surface area contributed by atoms with Gasteiger partial charge in [-0.1, -0.05) is 185 Å². The molecule has 48 heavy (non-hydrogen) atoms. The highest BCUT2D eigenvalue weighted by Gasteiger charge is 2.46. The van der Waals surface area contributed by atoms with Crippen LogP contribution in [0.3, 0.4) is 0 Å². The average molecular weight is 653 g/mol. The van der Waals surface area contributed by atoms with Gasteiger partial charge in [-0.05, 0) is 102 Å². The molecule has 4 aromatic rings. The molecule has 0 saturated heterocycles. The first-order chi connectivity index (χ1) is 22.7. The lowest BCUT2D eigenvalue weighted by molar-refractivity contribution is 0.834. The lowest BCUT2D eigenvalue weighted by Crippen LogP contribution is -2.69. The Hall–Kier alpha value is -3.42. The molecule has 0 N–H and O–H groups in total. The molecular weight excluding hydrogens is 593 g/mol. The fourth-order valence-corrected chi connectivity index (χ4v) is 12.9. The highest BCUT2D eigenvalue weighted by molar-refractivity contribution is 7.16. The molecule has 0 aromatic heterocycles. The Balaban J connectivity index is 2.11. The lowest BCUT2D eigenvalue weighted by Gasteiger charge is -2.39. The molecule has 1 aliphatic carbocycles. The Morgan fingerprint density at radius 2 is 0.729 bits per heavy atom. The molecule has 252 valence electrons. The van der Waals surface area contributed by atoms with Crippen molar-refractivity contribution < 1.29 is 0 Å². The van der Waals surface area contributed by atoms with Gasteiger partial charge in [0, 0.05) is 0 Å². The zero-order chi connectivity index (χ0) is 34.9. The zero-order valence-corrected chi connectivity index (χ0v) is 32.9. The van der Waals surface area contributed by atoms with Crippen LogP contribution in [-0.2, 0) is 0 Å². The molecule has 0 heterocycles. The lowest BCUT2D eigenvalue weighted by atomic mass is 9.95. The number of rotatable bonds is 11. The van der Waals surface area contributed by atoms with Crippen molar-refractivity contribution >= 4 is 29.2 Å². The summed E-state index contributed by atoms with van der Waals surface area (Å²) in [6.45, 7) is 28.4. The van der Waals surface area contributed by atoms with Crippen molar-refractivity contribution in [1.82, 2.24) is 0 Å². The van der Waals surface area contributed by atoms with E-state index in [0.29, 0.717) is 35.5 Å². The summed E-state index contributed by atoms with van der Waals surface area (Å²) in [4.78, 5) is 0. The molecule has 1 aliphatic rings. The Kier molecular flexibility index (Phi) is 10.9. The molecule has 0 spiro atoms. The topological polar surface area (TPSA) is 0 Å². The molecule has 1 heteroatoms. The van der Waals surface area contributed by atoms with Crippen LogP contribution in [0.5, 0.6) is 0 Å². The molecular formula is C47H60Si. The van der Waals surface area contributed by atoms with Crippen molar-refractivity contribution in [3.8, 4) is 0 Å². The van der Waals surface area contributed by atoms with Crippen LogP contribution in [0.25, 0.3) is 5.57 Å². The van der Waals surface area contributed by atoms with E-state index in [0.717, 1.165) is 6.42 Å². The molecule has 0 radical (unpaired) electrons. The van der Waals surface area contributed by atoms with Crippen LogP contribution in [0.15, 0.2) is 102 Å². The highest BCUT2D eigenvalue weighted by atomic mass is 28.3. The summed E-state index contributed by atoms with van der Waals surface area (Å²) < 4.78 is 0. The molecule has 0 nitrogen and oxygen atoms in total. The first-order valence-corrected chi connectivity index (χ1v) is 20.7. The van der Waals surface area contributed by atoms with Crippen LogP contribution >= 0.6 is 0 Å². The van der Waals surface area contributed by atoms with Gasteiger partial charge in [0.15, 0.2) is 8.07 Å². The van der Waals surface area contributed by atoms with Crippen LogP contribution in [0.1, 0.15) is 164 Å². The van der Waals surface area contributed by atoms with E-state index in [2.05, 4.69) is 180 Å². The number of benzene rings is 4. The molecule has 5 rings (SSSR count). The number of hydrogen-bond donors (Lipinski definition) is 0. The van der Waals surface area contributed by atoms with Gasteiger partial charge in [-0.3, -0.25) is 0 Å². The van der Waals surface area contributed by atoms with Gasteiger partial charge in [0.05, 0.1) is 0 Å². The molecule has 0 bridgehead atoms. The third-order valence-electron chi connectivity index (χ3n) is 10.7. The van der Waals surface area contributed by atoms with E-state index in [1.54, 1.807) is 5.20 Å². The van der Waals surface area contributed by atoms with Crippen molar-refractivity contribution in [2.24, 2.45) is 0 Å². The van der Waals surface area contributed by atoms with Gasteiger partial charge in [-0.25, -0.2) is 0 Å². The third-order valence-corrected chi connectivity index (χ3v) is 15.5. The van der Waals surface area contributed by atoms with Crippen molar-refractivity contribution in [3.63, 3.8) is 0 Å². The number of allylic oxidation sites excluding steroid dienone is 4. The van der Waals surface area contributed by atoms with Gasteiger partial charge in [-0.15, -0.1) is 0 Å². The summed E-state index contributed by atoms with van der Waals surface area (Å²) in [7, 11) is -2.88. The van der Waals surface area contributed by atoms with Crippen molar-refractivity contribution in [2.75, 3.05) is 0 Å². The molecule has 0 atom stereocenters. The fourth-order valence-electron chi connectivity index (χ4n) is 7.45. The maximum absolute atomic E-state index is 2.88. The van der Waals surface area contributed by atoms with E-state index in [9.17, 15) is 0 Å². The standard InChI is InChI=1S/C47H60Si/c1-30(2)37-21-38(31(3)4)25-43(24-37)48(44-26-39(32(5)6)22-40(27-44)33(7)8,45-28-41(34(9)10)23-42(29-45)35(11)12)47-20-16-19-46(47)36-17-14-13-15-18-36/h13-19,21-35H,20H2,1-12H3. The van der Waals surface area contributed by atoms with Crippen LogP contribution in [0, 0.1) is 0 Å². The molecule has 0 aliphatic heterocycles. The quantitative estimate of drug-likeness (QED) is 0.112. The van der Waals surface area contributed by atoms with E-state index in [4.69, 9.17) is 0 Å². The minimum Gasteiger partial charge on any atom is -0.0802 e. The van der Waals surface area contributed by atoms with Gasteiger partial charge >= 0.3 is 0 Å². The number of hydrogen-bond acceptors (Lipinski definition) is 0. The Labute approximate surface area is 294 Å². The molecule has 0 unspecified atom stereocenters. The predicted octanol–water partition coefficient (Wildman–Crippen LogP) is 11.9. The zero-order valence-electron chi connectivity index (χ0n) is 31.9. The van der Waals surface area contributed by atoms with E-state index < -0.39 is 8.07 Å².